The van der Waals surface area contributed by atoms with E-state index >= 15 is 0 Å². The van der Waals surface area contributed by atoms with E-state index in [-0.39, 0.29) is 0 Å². The first kappa shape index (κ1) is 10.5. The summed E-state index contributed by atoms with van der Waals surface area (Å²) >= 11 is 0. The summed E-state index contributed by atoms with van der Waals surface area (Å²) in [6.07, 6.45) is 5.83. The van der Waals surface area contributed by atoms with Crippen LogP contribution in [0.3, 0.4) is 0 Å². The Kier molecular flexibility index (Phi) is 6.00. The van der Waals surface area contributed by atoms with Crippen molar-refractivity contribution in [2.75, 3.05) is 0 Å². The van der Waals surface area contributed by atoms with Crippen LogP contribution in [0.5, 0.6) is 0 Å². The summed E-state index contributed by atoms with van der Waals surface area (Å²) < 4.78 is 0. The van der Waals surface area contributed by atoms with Gasteiger partial charge in [0.1, 0.15) is 0 Å². The van der Waals surface area contributed by atoms with E-state index in [0.717, 1.165) is 0 Å². The van der Waals surface area contributed by atoms with Crippen LogP contribution in [0.25, 0.3) is 0 Å². The van der Waals surface area contributed by atoms with Gasteiger partial charge in [-0.25, -0.2) is 0 Å². The average Bonchev–Trinajstić information content (AvgIpc) is 1.97. The molecule has 11 heavy (non-hydrogen) atoms. The molecule has 0 rings (SSSR count). The molecule has 0 bridgehead atoms. The Morgan fingerprint density at radius 2 is 2.00 bits per heavy atom. The Hall–Kier alpha value is -0.460. The standard InChI is InChI=1S/C10H21N/c1-5-7-10(6-2)8-11-9(3)4/h8-9,11H,5-7H2,1-4H3/b10-8+. The molecule has 66 valence electrons. The molecule has 1 heteroatoms. The first-order chi connectivity index (χ1) is 5.20. The topological polar surface area (TPSA) is 12.0 Å². The van der Waals surface area contributed by atoms with Gasteiger partial charge in [0.05, 0.1) is 0 Å². The number of hydrogen-bond donors (Lipinski definition) is 1. The third-order valence-electron chi connectivity index (χ3n) is 1.65. The van der Waals surface area contributed by atoms with Gasteiger partial charge in [-0.1, -0.05) is 25.8 Å². The van der Waals surface area contributed by atoms with Gasteiger partial charge >= 0.3 is 0 Å². The molecule has 1 nitrogen and oxygen atoms in total. The van der Waals surface area contributed by atoms with Crippen LogP contribution in [0.2, 0.25) is 0 Å². The molecule has 0 radical (unpaired) electrons. The van der Waals surface area contributed by atoms with Crippen molar-refractivity contribution in [1.82, 2.24) is 5.32 Å². The van der Waals surface area contributed by atoms with Crippen LogP contribution in [-0.2, 0) is 0 Å². The maximum absolute atomic E-state index is 3.32. The Morgan fingerprint density at radius 1 is 1.36 bits per heavy atom. The van der Waals surface area contributed by atoms with Gasteiger partial charge in [-0.2, -0.15) is 0 Å². The maximum atomic E-state index is 3.32. The molecular formula is C10H21N. The van der Waals surface area contributed by atoms with Gasteiger partial charge in [-0.3, -0.25) is 0 Å². The largest absolute Gasteiger partial charge is 0.389 e. The lowest BCUT2D eigenvalue weighted by atomic mass is 10.1. The summed E-state index contributed by atoms with van der Waals surface area (Å²) in [4.78, 5) is 0. The van der Waals surface area contributed by atoms with Gasteiger partial charge in [0.2, 0.25) is 0 Å². The van der Waals surface area contributed by atoms with Crippen molar-refractivity contribution in [3.05, 3.63) is 11.8 Å². The lowest BCUT2D eigenvalue weighted by molar-refractivity contribution is 0.688. The SMILES string of the molecule is CCC/C(=C/NC(C)C)CC. The predicted molar refractivity (Wildman–Crippen MR) is 51.6 cm³/mol. The zero-order valence-electron chi connectivity index (χ0n) is 8.28. The minimum Gasteiger partial charge on any atom is -0.389 e. The van der Waals surface area contributed by atoms with Crippen LogP contribution in [0.4, 0.5) is 0 Å². The molecule has 0 atom stereocenters. The van der Waals surface area contributed by atoms with Gasteiger partial charge < -0.3 is 5.32 Å². The maximum Gasteiger partial charge on any atom is 0.0199 e. The number of hydrogen-bond acceptors (Lipinski definition) is 1. The molecule has 0 heterocycles. The van der Waals surface area contributed by atoms with Crippen molar-refractivity contribution in [2.45, 2.75) is 53.0 Å². The summed E-state index contributed by atoms with van der Waals surface area (Å²) in [5.41, 5.74) is 1.53. The Morgan fingerprint density at radius 3 is 2.36 bits per heavy atom. The highest BCUT2D eigenvalue weighted by atomic mass is 14.9. The number of nitrogens with one attached hydrogen (secondary N) is 1. The van der Waals surface area contributed by atoms with Crippen molar-refractivity contribution in [2.24, 2.45) is 0 Å². The van der Waals surface area contributed by atoms with Gasteiger partial charge in [0.25, 0.3) is 0 Å². The fraction of sp³-hybridized carbons (Fsp3) is 0.800. The molecule has 0 aromatic carbocycles. The average molecular weight is 155 g/mol. The van der Waals surface area contributed by atoms with Crippen LogP contribution in [0.1, 0.15) is 47.0 Å². The Bertz CT molecular complexity index is 114. The third kappa shape index (κ3) is 5.96. The second-order valence-electron chi connectivity index (χ2n) is 3.23. The molecule has 0 fully saturated rings. The van der Waals surface area contributed by atoms with Crippen LogP contribution in [0, 0.1) is 0 Å². The molecule has 0 unspecified atom stereocenters. The van der Waals surface area contributed by atoms with E-state index in [4.69, 9.17) is 0 Å². The summed E-state index contributed by atoms with van der Waals surface area (Å²) in [7, 11) is 0. The molecular weight excluding hydrogens is 134 g/mol. The molecule has 0 saturated heterocycles. The van der Waals surface area contributed by atoms with Crippen molar-refractivity contribution >= 4 is 0 Å². The molecule has 0 aromatic rings. The van der Waals surface area contributed by atoms with E-state index < -0.39 is 0 Å². The molecule has 0 amide bonds. The first-order valence-corrected chi connectivity index (χ1v) is 4.64. The second kappa shape index (κ2) is 6.26. The van der Waals surface area contributed by atoms with Crippen molar-refractivity contribution in [1.29, 1.82) is 0 Å². The quantitative estimate of drug-likeness (QED) is 0.643. The molecule has 0 aliphatic heterocycles. The van der Waals surface area contributed by atoms with E-state index in [9.17, 15) is 0 Å². The van der Waals surface area contributed by atoms with Crippen molar-refractivity contribution < 1.29 is 0 Å². The lowest BCUT2D eigenvalue weighted by Crippen LogP contribution is -2.16. The van der Waals surface area contributed by atoms with E-state index in [1.165, 1.54) is 24.8 Å². The van der Waals surface area contributed by atoms with Gasteiger partial charge in [-0.05, 0) is 32.9 Å². The fourth-order valence-corrected chi connectivity index (χ4v) is 0.957. The molecule has 0 aromatic heterocycles. The third-order valence-corrected chi connectivity index (χ3v) is 1.65. The van der Waals surface area contributed by atoms with Gasteiger partial charge in [0.15, 0.2) is 0 Å². The van der Waals surface area contributed by atoms with Crippen LogP contribution in [-0.4, -0.2) is 6.04 Å². The zero-order valence-corrected chi connectivity index (χ0v) is 8.28. The lowest BCUT2D eigenvalue weighted by Gasteiger charge is -2.07. The predicted octanol–water partition coefficient (Wildman–Crippen LogP) is 3.08. The van der Waals surface area contributed by atoms with E-state index in [0.29, 0.717) is 6.04 Å². The van der Waals surface area contributed by atoms with E-state index in [2.05, 4.69) is 39.2 Å². The van der Waals surface area contributed by atoms with E-state index in [1.807, 2.05) is 0 Å². The molecule has 0 aliphatic rings. The van der Waals surface area contributed by atoms with Crippen LogP contribution in [0.15, 0.2) is 11.8 Å². The van der Waals surface area contributed by atoms with Gasteiger partial charge in [0, 0.05) is 6.04 Å². The summed E-state index contributed by atoms with van der Waals surface area (Å²) in [5.74, 6) is 0. The van der Waals surface area contributed by atoms with E-state index in [1.54, 1.807) is 0 Å². The minimum absolute atomic E-state index is 0.563. The van der Waals surface area contributed by atoms with Crippen LogP contribution < -0.4 is 5.32 Å². The zero-order chi connectivity index (χ0) is 8.69. The molecule has 0 saturated carbocycles. The first-order valence-electron chi connectivity index (χ1n) is 4.64. The number of rotatable bonds is 5. The number of allylic oxidation sites excluding steroid dienone is 1. The molecule has 1 N–H and O–H groups in total. The second-order valence-corrected chi connectivity index (χ2v) is 3.23. The summed E-state index contributed by atoms with van der Waals surface area (Å²) in [6.45, 7) is 8.76. The fourth-order valence-electron chi connectivity index (χ4n) is 0.957. The molecule has 0 aliphatic carbocycles. The monoisotopic (exact) mass is 155 g/mol. The van der Waals surface area contributed by atoms with Crippen molar-refractivity contribution in [3.8, 4) is 0 Å². The van der Waals surface area contributed by atoms with Gasteiger partial charge in [-0.15, -0.1) is 0 Å². The minimum atomic E-state index is 0.563. The summed E-state index contributed by atoms with van der Waals surface area (Å²) in [6, 6.07) is 0.563. The van der Waals surface area contributed by atoms with Crippen LogP contribution >= 0.6 is 0 Å². The molecule has 0 spiro atoms. The highest BCUT2D eigenvalue weighted by Gasteiger charge is 1.92. The Labute approximate surface area is 70.9 Å². The summed E-state index contributed by atoms with van der Waals surface area (Å²) in [5, 5.41) is 3.32. The smallest absolute Gasteiger partial charge is 0.0199 e. The highest BCUT2D eigenvalue weighted by molar-refractivity contribution is 4.99. The normalized spacial score (nSPS) is 12.3. The Balaban J connectivity index is 3.70. The van der Waals surface area contributed by atoms with Crippen molar-refractivity contribution in [3.63, 3.8) is 0 Å². The highest BCUT2D eigenvalue weighted by Crippen LogP contribution is 2.07.